The minimum absolute atomic E-state index is 0.509. The van der Waals surface area contributed by atoms with Crippen molar-refractivity contribution >= 4 is 39.4 Å². The maximum Gasteiger partial charge on any atom is 0.150 e. The van der Waals surface area contributed by atoms with Crippen LogP contribution in [-0.2, 0) is 6.42 Å². The molecule has 0 unspecified atom stereocenters. The summed E-state index contributed by atoms with van der Waals surface area (Å²) < 4.78 is 0. The van der Waals surface area contributed by atoms with Crippen molar-refractivity contribution in [3.63, 3.8) is 0 Å². The van der Waals surface area contributed by atoms with Gasteiger partial charge >= 0.3 is 0 Å². The molecule has 0 fully saturated rings. The molecule has 3 aromatic rings. The molecule has 4 heteroatoms. The van der Waals surface area contributed by atoms with Gasteiger partial charge in [-0.2, -0.15) is 0 Å². The van der Waals surface area contributed by atoms with E-state index in [0.717, 1.165) is 34.6 Å². The quantitative estimate of drug-likeness (QED) is 0.732. The summed E-state index contributed by atoms with van der Waals surface area (Å²) in [6, 6.07) is 10.3. The highest BCUT2D eigenvalue weighted by Gasteiger charge is 2.09. The first kappa shape index (κ1) is 13.6. The lowest BCUT2D eigenvalue weighted by atomic mass is 10.0. The summed E-state index contributed by atoms with van der Waals surface area (Å²) in [4.78, 5) is 9.01. The van der Waals surface area contributed by atoms with Crippen LogP contribution in [0.5, 0.6) is 0 Å². The normalized spacial score (nSPS) is 14.6. The second kappa shape index (κ2) is 5.61. The van der Waals surface area contributed by atoms with Gasteiger partial charge in [0.15, 0.2) is 5.82 Å². The number of hydrogen-bond donors (Lipinski definition) is 1. The van der Waals surface area contributed by atoms with Crippen LogP contribution in [0, 0.1) is 0 Å². The number of fused-ring (bicyclic) bond motifs is 3. The third-order valence-electron chi connectivity index (χ3n) is 4.15. The largest absolute Gasteiger partial charge is 0.382 e. The molecular weight excluding hydrogens is 290 g/mol. The summed E-state index contributed by atoms with van der Waals surface area (Å²) >= 11 is 1.92. The van der Waals surface area contributed by atoms with E-state index in [1.807, 2.05) is 36.2 Å². The summed E-state index contributed by atoms with van der Waals surface area (Å²) in [6.45, 7) is 0. The molecule has 2 aromatic heterocycles. The monoisotopic (exact) mass is 307 g/mol. The molecule has 22 heavy (non-hydrogen) atoms. The standard InChI is InChI=1S/C18H17N3S/c19-18-17-15(14-3-1-2-4-16(14)21-18)9-13(10-20-17)6-5-12-7-8-22-11-12/h1-4,9-11H,5-8H2,(H2,19,21). The second-order valence-electron chi connectivity index (χ2n) is 5.65. The van der Waals surface area contributed by atoms with E-state index < -0.39 is 0 Å². The van der Waals surface area contributed by atoms with Gasteiger partial charge in [-0.25, -0.2) is 4.98 Å². The van der Waals surface area contributed by atoms with E-state index in [9.17, 15) is 0 Å². The summed E-state index contributed by atoms with van der Waals surface area (Å²) in [5.41, 5.74) is 10.6. The van der Waals surface area contributed by atoms with Gasteiger partial charge < -0.3 is 5.73 Å². The van der Waals surface area contributed by atoms with Gasteiger partial charge in [0.2, 0.25) is 0 Å². The smallest absolute Gasteiger partial charge is 0.150 e. The van der Waals surface area contributed by atoms with Crippen LogP contribution in [0.15, 0.2) is 47.5 Å². The molecular formula is C18H17N3S. The van der Waals surface area contributed by atoms with E-state index >= 15 is 0 Å². The minimum atomic E-state index is 0.509. The number of para-hydroxylation sites is 1. The summed E-state index contributed by atoms with van der Waals surface area (Å²) in [5.74, 6) is 1.74. The van der Waals surface area contributed by atoms with Crippen LogP contribution in [-0.4, -0.2) is 15.7 Å². The van der Waals surface area contributed by atoms with Crippen LogP contribution in [0.2, 0.25) is 0 Å². The summed E-state index contributed by atoms with van der Waals surface area (Å²) in [7, 11) is 0. The van der Waals surface area contributed by atoms with Crippen molar-refractivity contribution in [1.82, 2.24) is 9.97 Å². The Morgan fingerprint density at radius 3 is 2.91 bits per heavy atom. The predicted octanol–water partition coefficient (Wildman–Crippen LogP) is 4.32. The molecule has 4 rings (SSSR count). The highest BCUT2D eigenvalue weighted by atomic mass is 32.2. The van der Waals surface area contributed by atoms with Crippen LogP contribution in [0.4, 0.5) is 5.82 Å². The van der Waals surface area contributed by atoms with Crippen molar-refractivity contribution in [2.45, 2.75) is 19.3 Å². The molecule has 1 aliphatic rings. The van der Waals surface area contributed by atoms with Gasteiger partial charge in [0.25, 0.3) is 0 Å². The number of nitrogen functional groups attached to an aromatic ring is 1. The highest BCUT2D eigenvalue weighted by Crippen LogP contribution is 2.29. The molecule has 0 saturated heterocycles. The average molecular weight is 307 g/mol. The van der Waals surface area contributed by atoms with Gasteiger partial charge in [-0.1, -0.05) is 23.8 Å². The van der Waals surface area contributed by atoms with Crippen LogP contribution >= 0.6 is 11.8 Å². The first-order valence-corrected chi connectivity index (χ1v) is 8.58. The fourth-order valence-electron chi connectivity index (χ4n) is 2.95. The molecule has 0 atom stereocenters. The van der Waals surface area contributed by atoms with E-state index in [4.69, 9.17) is 5.73 Å². The first-order valence-electron chi connectivity index (χ1n) is 7.53. The van der Waals surface area contributed by atoms with E-state index in [1.165, 1.54) is 17.7 Å². The van der Waals surface area contributed by atoms with Crippen LogP contribution in [0.1, 0.15) is 18.4 Å². The van der Waals surface area contributed by atoms with Crippen LogP contribution < -0.4 is 5.73 Å². The molecule has 0 radical (unpaired) electrons. The number of pyridine rings is 2. The Bertz CT molecular complexity index is 886. The van der Waals surface area contributed by atoms with E-state index in [2.05, 4.69) is 27.5 Å². The molecule has 0 amide bonds. The molecule has 3 heterocycles. The third-order valence-corrected chi connectivity index (χ3v) is 5.09. The summed E-state index contributed by atoms with van der Waals surface area (Å²) in [6.07, 6.45) is 5.33. The SMILES string of the molecule is Nc1nc2ccccc2c2cc(CCC3=CSCC3)cnc12. The van der Waals surface area contributed by atoms with Crippen molar-refractivity contribution in [3.05, 3.63) is 53.1 Å². The second-order valence-corrected chi connectivity index (χ2v) is 6.63. The molecule has 1 aromatic carbocycles. The number of aromatic nitrogens is 2. The summed E-state index contributed by atoms with van der Waals surface area (Å²) in [5, 5.41) is 4.54. The maximum absolute atomic E-state index is 6.06. The van der Waals surface area contributed by atoms with Crippen molar-refractivity contribution in [3.8, 4) is 0 Å². The van der Waals surface area contributed by atoms with Crippen molar-refractivity contribution in [1.29, 1.82) is 0 Å². The van der Waals surface area contributed by atoms with Gasteiger partial charge in [0, 0.05) is 22.7 Å². The molecule has 0 saturated carbocycles. The molecule has 1 aliphatic heterocycles. The number of allylic oxidation sites excluding steroid dienone is 1. The van der Waals surface area contributed by atoms with Gasteiger partial charge in [-0.15, -0.1) is 11.8 Å². The third kappa shape index (κ3) is 2.44. The Morgan fingerprint density at radius 2 is 2.05 bits per heavy atom. The van der Waals surface area contributed by atoms with E-state index in [-0.39, 0.29) is 0 Å². The molecule has 0 aliphatic carbocycles. The van der Waals surface area contributed by atoms with Gasteiger partial charge in [0.1, 0.15) is 5.52 Å². The Balaban J connectivity index is 1.76. The predicted molar refractivity (Wildman–Crippen MR) is 94.9 cm³/mol. The fourth-order valence-corrected chi connectivity index (χ4v) is 3.92. The number of hydrogen-bond acceptors (Lipinski definition) is 4. The Hall–Kier alpha value is -2.07. The van der Waals surface area contributed by atoms with Crippen molar-refractivity contribution in [2.24, 2.45) is 0 Å². The molecule has 110 valence electrons. The van der Waals surface area contributed by atoms with Gasteiger partial charge in [0.05, 0.1) is 5.52 Å². The molecule has 0 bridgehead atoms. The first-order chi connectivity index (χ1) is 10.8. The van der Waals surface area contributed by atoms with Crippen molar-refractivity contribution < 1.29 is 0 Å². The van der Waals surface area contributed by atoms with Crippen molar-refractivity contribution in [2.75, 3.05) is 11.5 Å². The zero-order chi connectivity index (χ0) is 14.9. The number of benzene rings is 1. The van der Waals surface area contributed by atoms with Crippen LogP contribution in [0.25, 0.3) is 21.8 Å². The Kier molecular flexibility index (Phi) is 3.47. The molecule has 2 N–H and O–H groups in total. The van der Waals surface area contributed by atoms with Gasteiger partial charge in [-0.3, -0.25) is 4.98 Å². The Morgan fingerprint density at radius 1 is 1.14 bits per heavy atom. The lowest BCUT2D eigenvalue weighted by Gasteiger charge is -2.08. The number of thioether (sulfide) groups is 1. The number of anilines is 1. The highest BCUT2D eigenvalue weighted by molar-refractivity contribution is 8.02. The number of rotatable bonds is 3. The zero-order valence-corrected chi connectivity index (χ0v) is 13.1. The molecule has 3 nitrogen and oxygen atoms in total. The minimum Gasteiger partial charge on any atom is -0.382 e. The lowest BCUT2D eigenvalue weighted by Crippen LogP contribution is -1.97. The lowest BCUT2D eigenvalue weighted by molar-refractivity contribution is 0.897. The Labute approximate surface area is 133 Å². The zero-order valence-electron chi connectivity index (χ0n) is 12.2. The van der Waals surface area contributed by atoms with Crippen LogP contribution in [0.3, 0.4) is 0 Å². The number of nitrogens with zero attached hydrogens (tertiary/aromatic N) is 2. The maximum atomic E-state index is 6.06. The average Bonchev–Trinajstić information content (AvgIpc) is 3.06. The van der Waals surface area contributed by atoms with Gasteiger partial charge in [-0.05, 0) is 42.4 Å². The number of aryl methyl sites for hydroxylation is 1. The van der Waals surface area contributed by atoms with E-state index in [1.54, 1.807) is 5.57 Å². The topological polar surface area (TPSA) is 51.8 Å². The number of nitrogens with two attached hydrogens (primary N) is 1. The molecule has 0 spiro atoms. The fraction of sp³-hybridized carbons (Fsp3) is 0.222. The van der Waals surface area contributed by atoms with E-state index in [0.29, 0.717) is 5.82 Å².